The van der Waals surface area contributed by atoms with Gasteiger partial charge in [0.05, 0.1) is 8.80 Å². The maximum absolute atomic E-state index is 6.41. The second kappa shape index (κ2) is 9.43. The predicted octanol–water partition coefficient (Wildman–Crippen LogP) is 1.89. The fraction of sp³-hybridized carbons (Fsp3) is 1.00. The Morgan fingerprint density at radius 1 is 1.11 bits per heavy atom. The van der Waals surface area contributed by atoms with E-state index in [0.29, 0.717) is 6.54 Å². The van der Waals surface area contributed by atoms with Crippen molar-refractivity contribution < 1.29 is 8.54 Å². The molecule has 7 heteroatoms. The minimum Gasteiger partial charge on any atom is -0.436 e. The minimum atomic E-state index is -1.98. The molecule has 0 aromatic heterocycles. The van der Waals surface area contributed by atoms with Crippen molar-refractivity contribution in [2.24, 2.45) is 5.73 Å². The zero-order chi connectivity index (χ0) is 14.9. The third kappa shape index (κ3) is 12.0. The zero-order valence-electron chi connectivity index (χ0n) is 13.7. The Kier molecular flexibility index (Phi) is 9.67. The van der Waals surface area contributed by atoms with Gasteiger partial charge in [0.25, 0.3) is 0 Å². The van der Waals surface area contributed by atoms with Crippen molar-refractivity contribution >= 4 is 25.7 Å². The normalized spacial score (nSPS) is 15.8. The average molecular weight is 323 g/mol. The molecule has 0 saturated heterocycles. The van der Waals surface area contributed by atoms with Crippen LogP contribution >= 0.6 is 0 Å². The van der Waals surface area contributed by atoms with E-state index in [0.717, 1.165) is 31.8 Å². The zero-order valence-corrected chi connectivity index (χ0v) is 16.9. The van der Waals surface area contributed by atoms with E-state index in [1.165, 1.54) is 0 Å². The molecule has 0 aromatic carbocycles. The summed E-state index contributed by atoms with van der Waals surface area (Å²) in [7, 11) is -4.19. The Bertz CT molecular complexity index is 238. The van der Waals surface area contributed by atoms with Gasteiger partial charge in [-0.15, -0.1) is 0 Å². The van der Waals surface area contributed by atoms with E-state index in [4.69, 9.17) is 14.3 Å². The molecule has 4 nitrogen and oxygen atoms in total. The maximum atomic E-state index is 6.41. The van der Waals surface area contributed by atoms with Gasteiger partial charge in [0.15, 0.2) is 8.32 Å². The lowest BCUT2D eigenvalue weighted by Crippen LogP contribution is -2.48. The average Bonchev–Trinajstić information content (AvgIpc) is 2.24. The van der Waals surface area contributed by atoms with Gasteiger partial charge in [0.2, 0.25) is 0 Å². The number of hydrogen-bond acceptors (Lipinski definition) is 4. The summed E-state index contributed by atoms with van der Waals surface area (Å²) in [4.78, 5) is 0. The van der Waals surface area contributed by atoms with Gasteiger partial charge in [-0.05, 0) is 45.2 Å². The summed E-state index contributed by atoms with van der Waals surface area (Å²) in [6, 6.07) is 1.08. The molecule has 0 radical (unpaired) electrons. The summed E-state index contributed by atoms with van der Waals surface area (Å²) in [5, 5.41) is 3.34. The van der Waals surface area contributed by atoms with Crippen molar-refractivity contribution in [2.45, 2.75) is 51.7 Å². The fourth-order valence-corrected chi connectivity index (χ4v) is 11.4. The van der Waals surface area contributed by atoms with Crippen LogP contribution in [0.3, 0.4) is 0 Å². The topological polar surface area (TPSA) is 56.5 Å². The van der Waals surface area contributed by atoms with Gasteiger partial charge in [-0.1, -0.05) is 13.1 Å². The Morgan fingerprint density at radius 3 is 2.21 bits per heavy atom. The van der Waals surface area contributed by atoms with E-state index >= 15 is 0 Å². The number of nitrogens with two attached hydrogens (primary N) is 1. The van der Waals surface area contributed by atoms with Crippen molar-refractivity contribution in [2.75, 3.05) is 25.9 Å². The van der Waals surface area contributed by atoms with Gasteiger partial charge in [-0.25, -0.2) is 0 Å². The van der Waals surface area contributed by atoms with Crippen molar-refractivity contribution in [3.8, 4) is 0 Å². The highest BCUT2D eigenvalue weighted by Gasteiger charge is 2.36. The molecule has 0 aromatic rings. The van der Waals surface area contributed by atoms with Crippen LogP contribution in [0.2, 0.25) is 45.3 Å². The fourth-order valence-electron chi connectivity index (χ4n) is 1.90. The Morgan fingerprint density at radius 2 is 1.74 bits per heavy atom. The van der Waals surface area contributed by atoms with Crippen molar-refractivity contribution in [3.63, 3.8) is 0 Å². The van der Waals surface area contributed by atoms with Crippen LogP contribution in [0.25, 0.3) is 0 Å². The number of rotatable bonds is 11. The van der Waals surface area contributed by atoms with Gasteiger partial charge in [-0.2, -0.15) is 0 Å². The standard InChI is InChI=1S/C12H34N2O2Si3/c1-17(2)12-15-19(6,16-18(3,4)5)11-7-9-14-10-8-13/h14,17H,7-13H2,1-6H3. The van der Waals surface area contributed by atoms with Crippen molar-refractivity contribution in [1.29, 1.82) is 0 Å². The van der Waals surface area contributed by atoms with Crippen LogP contribution in [-0.4, -0.2) is 51.5 Å². The van der Waals surface area contributed by atoms with E-state index in [1.54, 1.807) is 0 Å². The Labute approximate surface area is 123 Å². The lowest BCUT2D eigenvalue weighted by atomic mass is 10.5. The van der Waals surface area contributed by atoms with E-state index in [1.807, 2.05) is 0 Å². The van der Waals surface area contributed by atoms with Gasteiger partial charge in [-0.3, -0.25) is 0 Å². The van der Waals surface area contributed by atoms with Gasteiger partial charge in [0, 0.05) is 19.3 Å². The quantitative estimate of drug-likeness (QED) is 0.450. The molecular formula is C12H34N2O2Si3. The Hall–Kier alpha value is 0.491. The van der Waals surface area contributed by atoms with Gasteiger partial charge < -0.3 is 19.6 Å². The summed E-state index contributed by atoms with van der Waals surface area (Å²) in [6.07, 6.45) is 2.07. The summed E-state index contributed by atoms with van der Waals surface area (Å²) < 4.78 is 12.6. The highest BCUT2D eigenvalue weighted by Crippen LogP contribution is 2.21. The molecule has 3 N–H and O–H groups in total. The third-order valence-corrected chi connectivity index (χ3v) is 9.93. The molecule has 0 fully saturated rings. The second-order valence-corrected chi connectivity index (χ2v) is 17.9. The molecule has 0 saturated carbocycles. The van der Waals surface area contributed by atoms with E-state index in [2.05, 4.69) is 44.6 Å². The van der Waals surface area contributed by atoms with Crippen LogP contribution in [0.4, 0.5) is 0 Å². The summed E-state index contributed by atoms with van der Waals surface area (Å²) in [5.74, 6) is 0. The van der Waals surface area contributed by atoms with Crippen LogP contribution in [-0.2, 0) is 8.54 Å². The molecule has 19 heavy (non-hydrogen) atoms. The van der Waals surface area contributed by atoms with E-state index < -0.39 is 25.7 Å². The minimum absolute atomic E-state index is 0.675. The molecule has 0 bridgehead atoms. The Balaban J connectivity index is 4.24. The first-order valence-corrected chi connectivity index (χ1v) is 16.5. The first-order chi connectivity index (χ1) is 8.68. The molecule has 0 amide bonds. The molecule has 0 aliphatic rings. The first-order valence-electron chi connectivity index (χ1n) is 7.43. The molecule has 0 aliphatic heterocycles. The molecule has 0 heterocycles. The monoisotopic (exact) mass is 322 g/mol. The summed E-state index contributed by atoms with van der Waals surface area (Å²) in [6.45, 7) is 16.3. The van der Waals surface area contributed by atoms with E-state index in [9.17, 15) is 0 Å². The first kappa shape index (κ1) is 19.5. The summed E-state index contributed by atoms with van der Waals surface area (Å²) in [5.41, 5.74) is 5.47. The lowest BCUT2D eigenvalue weighted by Gasteiger charge is -2.34. The predicted molar refractivity (Wildman–Crippen MR) is 92.2 cm³/mol. The second-order valence-electron chi connectivity index (χ2n) is 6.70. The van der Waals surface area contributed by atoms with Crippen LogP contribution in [0.1, 0.15) is 6.42 Å². The van der Waals surface area contributed by atoms with E-state index in [-0.39, 0.29) is 0 Å². The maximum Gasteiger partial charge on any atom is 0.324 e. The van der Waals surface area contributed by atoms with Crippen LogP contribution in [0.5, 0.6) is 0 Å². The van der Waals surface area contributed by atoms with Gasteiger partial charge >= 0.3 is 8.56 Å². The van der Waals surface area contributed by atoms with Crippen molar-refractivity contribution in [1.82, 2.24) is 5.32 Å². The van der Waals surface area contributed by atoms with Gasteiger partial charge in [0.1, 0.15) is 0 Å². The molecule has 1 atom stereocenters. The van der Waals surface area contributed by atoms with Crippen LogP contribution in [0, 0.1) is 0 Å². The molecular weight excluding hydrogens is 288 g/mol. The summed E-state index contributed by atoms with van der Waals surface area (Å²) >= 11 is 0. The highest BCUT2D eigenvalue weighted by molar-refractivity contribution is 6.82. The van der Waals surface area contributed by atoms with Crippen LogP contribution < -0.4 is 11.1 Å². The third-order valence-electron chi connectivity index (χ3n) is 2.55. The molecule has 1 unspecified atom stereocenters. The molecule has 0 spiro atoms. The smallest absolute Gasteiger partial charge is 0.324 e. The lowest BCUT2D eigenvalue weighted by molar-refractivity contribution is 0.280. The molecule has 116 valence electrons. The molecule has 0 rings (SSSR count). The SMILES string of the molecule is C[SiH](C)CO[Si](C)(CCCNCCN)O[Si](C)(C)C. The number of nitrogens with one attached hydrogen (secondary N) is 1. The molecule has 0 aliphatic carbocycles. The van der Waals surface area contributed by atoms with Crippen molar-refractivity contribution in [3.05, 3.63) is 0 Å². The highest BCUT2D eigenvalue weighted by atomic mass is 28.4. The largest absolute Gasteiger partial charge is 0.436 e. The number of hydrogen-bond donors (Lipinski definition) is 2. The van der Waals surface area contributed by atoms with Crippen LogP contribution in [0.15, 0.2) is 0 Å².